The zero-order valence-electron chi connectivity index (χ0n) is 16.0. The maximum Gasteiger partial charge on any atom is 0.193 e. The smallest absolute Gasteiger partial charge is 0.193 e. The van der Waals surface area contributed by atoms with Gasteiger partial charge in [0, 0.05) is 46.3 Å². The fraction of sp³-hybridized carbons (Fsp3) is 0.650. The lowest BCUT2D eigenvalue weighted by Crippen LogP contribution is -2.52. The Bertz CT molecular complexity index is 610. The van der Waals surface area contributed by atoms with E-state index < -0.39 is 0 Å². The average Bonchev–Trinajstić information content (AvgIpc) is 3.47. The third kappa shape index (κ3) is 5.34. The van der Waals surface area contributed by atoms with Crippen LogP contribution in [0.4, 0.5) is 4.39 Å². The lowest BCUT2D eigenvalue weighted by Gasteiger charge is -2.36. The molecule has 0 aromatic heterocycles. The van der Waals surface area contributed by atoms with Crippen molar-refractivity contribution in [2.75, 3.05) is 46.9 Å². The van der Waals surface area contributed by atoms with Crippen molar-refractivity contribution >= 4 is 5.96 Å². The van der Waals surface area contributed by atoms with Crippen molar-refractivity contribution in [3.8, 4) is 5.75 Å². The van der Waals surface area contributed by atoms with Gasteiger partial charge < -0.3 is 15.0 Å². The van der Waals surface area contributed by atoms with Gasteiger partial charge in [-0.05, 0) is 36.5 Å². The van der Waals surface area contributed by atoms with Crippen molar-refractivity contribution in [3.63, 3.8) is 0 Å². The number of benzene rings is 1. The second kappa shape index (κ2) is 9.21. The lowest BCUT2D eigenvalue weighted by molar-refractivity contribution is 0.172. The summed E-state index contributed by atoms with van der Waals surface area (Å²) in [6, 6.07) is 5.22. The predicted octanol–water partition coefficient (Wildman–Crippen LogP) is 2.72. The van der Waals surface area contributed by atoms with Gasteiger partial charge in [-0.25, -0.2) is 4.39 Å². The van der Waals surface area contributed by atoms with Gasteiger partial charge in [0.05, 0.1) is 7.11 Å². The molecular weight excluding hydrogens is 331 g/mol. The number of halogens is 1. The van der Waals surface area contributed by atoms with E-state index >= 15 is 0 Å². The summed E-state index contributed by atoms with van der Waals surface area (Å²) in [7, 11) is 3.35. The minimum atomic E-state index is -0.292. The van der Waals surface area contributed by atoms with Crippen LogP contribution in [0.15, 0.2) is 23.2 Å². The summed E-state index contributed by atoms with van der Waals surface area (Å²) in [5, 5.41) is 3.50. The number of aliphatic imine (C=N–C) groups is 1. The molecule has 1 aliphatic heterocycles. The van der Waals surface area contributed by atoms with E-state index in [0.29, 0.717) is 5.75 Å². The third-order valence-electron chi connectivity index (χ3n) is 5.28. The summed E-state index contributed by atoms with van der Waals surface area (Å²) in [5.41, 5.74) is 0.985. The number of hydrogen-bond acceptors (Lipinski definition) is 3. The van der Waals surface area contributed by atoms with Gasteiger partial charge in [0.15, 0.2) is 17.5 Å². The Kier molecular flexibility index (Phi) is 6.72. The number of rotatable bonds is 7. The summed E-state index contributed by atoms with van der Waals surface area (Å²) in [6.45, 7) is 5.57. The van der Waals surface area contributed by atoms with Gasteiger partial charge in [-0.1, -0.05) is 18.9 Å². The van der Waals surface area contributed by atoms with E-state index in [1.54, 1.807) is 12.1 Å². The van der Waals surface area contributed by atoms with E-state index in [1.807, 2.05) is 13.1 Å². The van der Waals surface area contributed by atoms with Crippen molar-refractivity contribution in [2.45, 2.75) is 32.2 Å². The van der Waals surface area contributed by atoms with Crippen LogP contribution in [-0.2, 0) is 6.54 Å². The first-order valence-electron chi connectivity index (χ1n) is 9.70. The first kappa shape index (κ1) is 19.0. The molecule has 2 fully saturated rings. The number of nitrogens with one attached hydrogen (secondary N) is 1. The molecule has 1 aliphatic carbocycles. The average molecular weight is 362 g/mol. The van der Waals surface area contributed by atoms with E-state index in [1.165, 1.54) is 32.8 Å². The maximum absolute atomic E-state index is 13.8. The summed E-state index contributed by atoms with van der Waals surface area (Å²) >= 11 is 0. The molecule has 144 valence electrons. The van der Waals surface area contributed by atoms with Crippen LogP contribution < -0.4 is 10.1 Å². The van der Waals surface area contributed by atoms with Crippen molar-refractivity contribution < 1.29 is 9.13 Å². The number of ether oxygens (including phenoxy) is 1. The number of piperazine rings is 1. The third-order valence-corrected chi connectivity index (χ3v) is 5.28. The van der Waals surface area contributed by atoms with Crippen molar-refractivity contribution in [1.82, 2.24) is 15.1 Å². The second-order valence-electron chi connectivity index (χ2n) is 7.29. The normalized spacial score (nSPS) is 18.9. The van der Waals surface area contributed by atoms with Crippen LogP contribution in [0.3, 0.4) is 0 Å². The topological polar surface area (TPSA) is 40.1 Å². The van der Waals surface area contributed by atoms with E-state index in [0.717, 1.165) is 56.7 Å². The highest BCUT2D eigenvalue weighted by molar-refractivity contribution is 5.79. The van der Waals surface area contributed by atoms with Crippen molar-refractivity contribution in [2.24, 2.45) is 10.9 Å². The molecule has 0 spiro atoms. The van der Waals surface area contributed by atoms with E-state index in [9.17, 15) is 4.39 Å². The number of guanidine groups is 1. The van der Waals surface area contributed by atoms with Gasteiger partial charge >= 0.3 is 0 Å². The van der Waals surface area contributed by atoms with Gasteiger partial charge in [-0.15, -0.1) is 0 Å². The van der Waals surface area contributed by atoms with Gasteiger partial charge in [0.2, 0.25) is 0 Å². The second-order valence-corrected chi connectivity index (χ2v) is 7.29. The largest absolute Gasteiger partial charge is 0.494 e. The van der Waals surface area contributed by atoms with Crippen LogP contribution in [0.25, 0.3) is 0 Å². The summed E-state index contributed by atoms with van der Waals surface area (Å²) < 4.78 is 18.8. The molecule has 1 saturated heterocycles. The molecule has 0 unspecified atom stereocenters. The molecule has 1 N–H and O–H groups in total. The fourth-order valence-electron chi connectivity index (χ4n) is 3.51. The first-order valence-corrected chi connectivity index (χ1v) is 9.70. The molecule has 1 heterocycles. The highest BCUT2D eigenvalue weighted by Crippen LogP contribution is 2.33. The number of nitrogens with zero attached hydrogens (tertiary/aromatic N) is 3. The fourth-order valence-corrected chi connectivity index (χ4v) is 3.51. The molecule has 0 bridgehead atoms. The Morgan fingerprint density at radius 1 is 1.27 bits per heavy atom. The predicted molar refractivity (Wildman–Crippen MR) is 103 cm³/mol. The summed E-state index contributed by atoms with van der Waals surface area (Å²) in [5.74, 6) is 2.01. The van der Waals surface area contributed by atoms with Crippen LogP contribution in [-0.4, -0.2) is 62.6 Å². The minimum absolute atomic E-state index is 0.292. The van der Waals surface area contributed by atoms with Crippen molar-refractivity contribution in [1.29, 1.82) is 0 Å². The van der Waals surface area contributed by atoms with Crippen LogP contribution in [0, 0.1) is 11.7 Å². The maximum atomic E-state index is 13.8. The molecular formula is C20H31FN4O. The molecule has 0 atom stereocenters. The van der Waals surface area contributed by atoms with Crippen molar-refractivity contribution in [3.05, 3.63) is 29.6 Å². The Morgan fingerprint density at radius 3 is 2.65 bits per heavy atom. The monoisotopic (exact) mass is 362 g/mol. The Labute approximate surface area is 156 Å². The van der Waals surface area contributed by atoms with Crippen LogP contribution in [0.2, 0.25) is 0 Å². The Hall–Kier alpha value is -1.82. The SMILES string of the molecule is CN=C(NCCCC1CC1)N1CCN(Cc2ccc(OC)c(F)c2)CC1. The molecule has 3 rings (SSSR count). The Morgan fingerprint density at radius 2 is 2.04 bits per heavy atom. The highest BCUT2D eigenvalue weighted by atomic mass is 19.1. The summed E-state index contributed by atoms with van der Waals surface area (Å²) in [4.78, 5) is 9.11. The van der Waals surface area contributed by atoms with E-state index in [4.69, 9.17) is 4.74 Å². The number of hydrogen-bond donors (Lipinski definition) is 1. The van der Waals surface area contributed by atoms with Crippen LogP contribution in [0.5, 0.6) is 5.75 Å². The molecule has 5 nitrogen and oxygen atoms in total. The molecule has 6 heteroatoms. The van der Waals surface area contributed by atoms with Gasteiger partial charge in [0.25, 0.3) is 0 Å². The lowest BCUT2D eigenvalue weighted by atomic mass is 10.2. The zero-order chi connectivity index (χ0) is 18.4. The molecule has 0 amide bonds. The van der Waals surface area contributed by atoms with Gasteiger partial charge in [0.1, 0.15) is 0 Å². The highest BCUT2D eigenvalue weighted by Gasteiger charge is 2.21. The molecule has 2 aliphatic rings. The van der Waals surface area contributed by atoms with Gasteiger partial charge in [-0.2, -0.15) is 0 Å². The first-order chi connectivity index (χ1) is 12.7. The minimum Gasteiger partial charge on any atom is -0.494 e. The van der Waals surface area contributed by atoms with E-state index in [-0.39, 0.29) is 5.82 Å². The Balaban J connectivity index is 1.41. The molecule has 26 heavy (non-hydrogen) atoms. The standard InChI is InChI=1S/C20H31FN4O/c1-22-20(23-9-3-4-16-5-6-16)25-12-10-24(11-13-25)15-17-7-8-19(26-2)18(21)14-17/h7-8,14,16H,3-6,9-13,15H2,1-2H3,(H,22,23). The quantitative estimate of drug-likeness (QED) is 0.460. The molecule has 1 aromatic carbocycles. The summed E-state index contributed by atoms with van der Waals surface area (Å²) in [6.07, 6.45) is 5.42. The molecule has 1 aromatic rings. The molecule has 1 saturated carbocycles. The zero-order valence-corrected chi connectivity index (χ0v) is 16.0. The van der Waals surface area contributed by atoms with E-state index in [2.05, 4.69) is 20.1 Å². The number of methoxy groups -OCH3 is 1. The van der Waals surface area contributed by atoms with Crippen LogP contribution >= 0.6 is 0 Å². The van der Waals surface area contributed by atoms with Gasteiger partial charge in [-0.3, -0.25) is 9.89 Å². The van der Waals surface area contributed by atoms with Crippen LogP contribution in [0.1, 0.15) is 31.2 Å². The molecule has 0 radical (unpaired) electrons.